The maximum atomic E-state index is 11.5. The van der Waals surface area contributed by atoms with Gasteiger partial charge in [0.15, 0.2) is 0 Å². The van der Waals surface area contributed by atoms with Crippen LogP contribution in [0.25, 0.3) is 0 Å². The van der Waals surface area contributed by atoms with Crippen molar-refractivity contribution in [1.82, 2.24) is 14.5 Å². The first-order valence-corrected chi connectivity index (χ1v) is 8.92. The third-order valence-corrected chi connectivity index (χ3v) is 4.90. The van der Waals surface area contributed by atoms with E-state index in [1.807, 2.05) is 0 Å². The molecule has 0 amide bonds. The van der Waals surface area contributed by atoms with Crippen LogP contribution >= 0.6 is 0 Å². The Morgan fingerprint density at radius 3 is 2.05 bits per heavy atom. The van der Waals surface area contributed by atoms with Crippen LogP contribution in [0.4, 0.5) is 0 Å². The lowest BCUT2D eigenvalue weighted by Gasteiger charge is -2.39. The number of hydrogen-bond acceptors (Lipinski definition) is 4. The average Bonchev–Trinajstić information content (AvgIpc) is 2.28. The van der Waals surface area contributed by atoms with Crippen LogP contribution in [0.1, 0.15) is 34.1 Å². The Hall–Kier alpha value is -0.170. The molecular formula is C13H29N3O2S. The first-order chi connectivity index (χ1) is 8.63. The van der Waals surface area contributed by atoms with Gasteiger partial charge in [0.1, 0.15) is 0 Å². The molecular weight excluding hydrogens is 262 g/mol. The van der Waals surface area contributed by atoms with Gasteiger partial charge in [-0.2, -0.15) is 4.31 Å². The molecule has 0 aromatic carbocycles. The van der Waals surface area contributed by atoms with E-state index in [-0.39, 0.29) is 5.54 Å². The maximum Gasteiger partial charge on any atom is 0.211 e. The maximum absolute atomic E-state index is 11.5. The van der Waals surface area contributed by atoms with E-state index in [0.717, 1.165) is 26.1 Å². The highest BCUT2D eigenvalue weighted by Gasteiger charge is 2.27. The fraction of sp³-hybridized carbons (Fsp3) is 1.00. The van der Waals surface area contributed by atoms with Crippen LogP contribution in [0.3, 0.4) is 0 Å². The van der Waals surface area contributed by atoms with Crippen molar-refractivity contribution in [2.45, 2.75) is 45.7 Å². The van der Waals surface area contributed by atoms with Gasteiger partial charge in [-0.3, -0.25) is 4.90 Å². The molecule has 1 saturated heterocycles. The van der Waals surface area contributed by atoms with Gasteiger partial charge in [0, 0.05) is 44.3 Å². The summed E-state index contributed by atoms with van der Waals surface area (Å²) in [5, 5.41) is 3.54. The van der Waals surface area contributed by atoms with E-state index in [9.17, 15) is 8.42 Å². The third-order valence-electron chi connectivity index (χ3n) is 3.60. The Morgan fingerprint density at radius 2 is 1.68 bits per heavy atom. The Labute approximate surface area is 118 Å². The smallest absolute Gasteiger partial charge is 0.211 e. The molecule has 0 aliphatic carbocycles. The molecule has 1 unspecified atom stereocenters. The second-order valence-electron chi connectivity index (χ2n) is 6.39. The van der Waals surface area contributed by atoms with Crippen LogP contribution in [0.2, 0.25) is 0 Å². The van der Waals surface area contributed by atoms with Crippen LogP contribution in [-0.4, -0.2) is 68.2 Å². The number of hydrogen-bond donors (Lipinski definition) is 1. The van der Waals surface area contributed by atoms with E-state index in [0.29, 0.717) is 19.1 Å². The summed E-state index contributed by atoms with van der Waals surface area (Å²) in [5.41, 5.74) is 0.127. The van der Waals surface area contributed by atoms with Gasteiger partial charge in [-0.15, -0.1) is 0 Å². The minimum Gasteiger partial charge on any atom is -0.311 e. The zero-order valence-electron chi connectivity index (χ0n) is 12.9. The fourth-order valence-electron chi connectivity index (χ4n) is 2.36. The second kappa shape index (κ2) is 6.52. The van der Waals surface area contributed by atoms with Crippen LogP contribution in [0, 0.1) is 0 Å². The van der Waals surface area contributed by atoms with Crippen LogP contribution in [0.15, 0.2) is 0 Å². The molecule has 0 aromatic heterocycles. The first kappa shape index (κ1) is 16.9. The third kappa shape index (κ3) is 5.77. The summed E-state index contributed by atoms with van der Waals surface area (Å²) in [6.45, 7) is 12.5. The van der Waals surface area contributed by atoms with E-state index in [2.05, 4.69) is 37.9 Å². The highest BCUT2D eigenvalue weighted by atomic mass is 32.2. The van der Waals surface area contributed by atoms with Crippen molar-refractivity contribution in [2.75, 3.05) is 39.0 Å². The Morgan fingerprint density at radius 1 is 1.16 bits per heavy atom. The highest BCUT2D eigenvalue weighted by Crippen LogP contribution is 2.12. The lowest BCUT2D eigenvalue weighted by Crippen LogP contribution is -2.55. The van der Waals surface area contributed by atoms with Crippen molar-refractivity contribution < 1.29 is 8.42 Å². The summed E-state index contributed by atoms with van der Waals surface area (Å²) in [5.74, 6) is 0. The lowest BCUT2D eigenvalue weighted by molar-refractivity contribution is 0.127. The molecule has 1 rings (SSSR count). The average molecular weight is 291 g/mol. The van der Waals surface area contributed by atoms with Gasteiger partial charge in [-0.05, 0) is 27.2 Å². The molecule has 114 valence electrons. The molecule has 1 N–H and O–H groups in total. The molecule has 0 radical (unpaired) electrons. The minimum atomic E-state index is -3.03. The van der Waals surface area contributed by atoms with E-state index in [1.54, 1.807) is 4.31 Å². The minimum absolute atomic E-state index is 0.127. The van der Waals surface area contributed by atoms with Gasteiger partial charge in [0.25, 0.3) is 0 Å². The molecule has 1 atom stereocenters. The molecule has 0 saturated carbocycles. The highest BCUT2D eigenvalue weighted by molar-refractivity contribution is 7.88. The van der Waals surface area contributed by atoms with E-state index < -0.39 is 10.0 Å². The van der Waals surface area contributed by atoms with Crippen molar-refractivity contribution in [3.63, 3.8) is 0 Å². The Bertz CT molecular complexity index is 368. The molecule has 1 fully saturated rings. The van der Waals surface area contributed by atoms with Gasteiger partial charge in [-0.1, -0.05) is 6.92 Å². The van der Waals surface area contributed by atoms with Crippen molar-refractivity contribution in [3.05, 3.63) is 0 Å². The molecule has 5 nitrogen and oxygen atoms in total. The van der Waals surface area contributed by atoms with Crippen molar-refractivity contribution in [3.8, 4) is 0 Å². The summed E-state index contributed by atoms with van der Waals surface area (Å²) in [6.07, 6.45) is 2.38. The zero-order valence-corrected chi connectivity index (χ0v) is 13.8. The number of nitrogens with zero attached hydrogens (tertiary/aromatic N) is 2. The zero-order chi connectivity index (χ0) is 14.7. The van der Waals surface area contributed by atoms with Crippen LogP contribution in [-0.2, 0) is 10.0 Å². The monoisotopic (exact) mass is 291 g/mol. The summed E-state index contributed by atoms with van der Waals surface area (Å²) in [6, 6.07) is 0.487. The molecule has 1 heterocycles. The van der Waals surface area contributed by atoms with Crippen molar-refractivity contribution >= 4 is 10.0 Å². The van der Waals surface area contributed by atoms with E-state index in [4.69, 9.17) is 0 Å². The number of sulfonamides is 1. The lowest BCUT2D eigenvalue weighted by atomic mass is 10.1. The number of piperazine rings is 1. The van der Waals surface area contributed by atoms with Crippen LogP contribution in [0.5, 0.6) is 0 Å². The molecule has 0 aromatic rings. The predicted molar refractivity (Wildman–Crippen MR) is 79.8 cm³/mol. The first-order valence-electron chi connectivity index (χ1n) is 7.07. The molecule has 1 aliphatic heterocycles. The molecule has 0 spiro atoms. The van der Waals surface area contributed by atoms with Gasteiger partial charge in [-0.25, -0.2) is 8.42 Å². The summed E-state index contributed by atoms with van der Waals surface area (Å²) in [4.78, 5) is 2.40. The second-order valence-corrected chi connectivity index (χ2v) is 8.37. The Balaban J connectivity index is 2.48. The largest absolute Gasteiger partial charge is 0.311 e. The molecule has 19 heavy (non-hydrogen) atoms. The van der Waals surface area contributed by atoms with Crippen molar-refractivity contribution in [1.29, 1.82) is 0 Å². The molecule has 6 heteroatoms. The number of rotatable bonds is 5. The van der Waals surface area contributed by atoms with Crippen molar-refractivity contribution in [2.24, 2.45) is 0 Å². The summed E-state index contributed by atoms with van der Waals surface area (Å²) >= 11 is 0. The van der Waals surface area contributed by atoms with Gasteiger partial charge < -0.3 is 5.32 Å². The normalized spacial score (nSPS) is 21.5. The topological polar surface area (TPSA) is 52.6 Å². The van der Waals surface area contributed by atoms with Gasteiger partial charge in [0.2, 0.25) is 10.0 Å². The molecule has 1 aliphatic rings. The predicted octanol–water partition coefficient (Wildman–Crippen LogP) is 0.730. The SMILES string of the molecule is CCC(CNC(C)(C)C)N1CCN(S(C)(=O)=O)CC1. The summed E-state index contributed by atoms with van der Waals surface area (Å²) < 4.78 is 24.5. The standard InChI is InChI=1S/C13H29N3O2S/c1-6-12(11-14-13(2,3)4)15-7-9-16(10-8-15)19(5,17)18/h12,14H,6-11H2,1-5H3. The van der Waals surface area contributed by atoms with E-state index >= 15 is 0 Å². The van der Waals surface area contributed by atoms with Crippen LogP contribution < -0.4 is 5.32 Å². The van der Waals surface area contributed by atoms with E-state index in [1.165, 1.54) is 6.26 Å². The quantitative estimate of drug-likeness (QED) is 0.811. The van der Waals surface area contributed by atoms with Gasteiger partial charge >= 0.3 is 0 Å². The fourth-order valence-corrected chi connectivity index (χ4v) is 3.18. The number of nitrogens with one attached hydrogen (secondary N) is 1. The Kier molecular flexibility index (Phi) is 5.79. The molecule has 0 bridgehead atoms. The summed E-state index contributed by atoms with van der Waals surface area (Å²) in [7, 11) is -3.03. The van der Waals surface area contributed by atoms with Gasteiger partial charge in [0.05, 0.1) is 6.26 Å².